The molecule has 5 heteroatoms. The molecule has 0 saturated heterocycles. The molecule has 0 aliphatic rings. The van der Waals surface area contributed by atoms with Gasteiger partial charge in [-0.2, -0.15) is 5.10 Å². The van der Waals surface area contributed by atoms with Crippen LogP contribution < -0.4 is 10.2 Å². The summed E-state index contributed by atoms with van der Waals surface area (Å²) in [6.07, 6.45) is 3.64. The molecule has 0 atom stereocenters. The van der Waals surface area contributed by atoms with Gasteiger partial charge in [0, 0.05) is 11.1 Å². The van der Waals surface area contributed by atoms with Crippen molar-refractivity contribution >= 4 is 22.9 Å². The lowest BCUT2D eigenvalue weighted by molar-refractivity contribution is 0.0955. The van der Waals surface area contributed by atoms with Gasteiger partial charge < -0.3 is 9.84 Å². The van der Waals surface area contributed by atoms with Crippen molar-refractivity contribution in [1.29, 1.82) is 0 Å². The van der Waals surface area contributed by atoms with Crippen LogP contribution in [0, 0.1) is 0 Å². The first-order chi connectivity index (χ1) is 13.2. The van der Waals surface area contributed by atoms with Crippen LogP contribution in [0.25, 0.3) is 10.8 Å². The van der Waals surface area contributed by atoms with E-state index in [1.807, 2.05) is 36.4 Å². The lowest BCUT2D eigenvalue weighted by Gasteiger charge is -2.11. The van der Waals surface area contributed by atoms with Gasteiger partial charge in [-0.05, 0) is 47.5 Å². The zero-order valence-corrected chi connectivity index (χ0v) is 15.2. The summed E-state index contributed by atoms with van der Waals surface area (Å²) < 4.78 is 5.91. The summed E-state index contributed by atoms with van der Waals surface area (Å²) in [4.78, 5) is 12.2. The number of phenolic OH excluding ortho intramolecular Hbond substituents is 1. The third-order valence-corrected chi connectivity index (χ3v) is 4.18. The molecule has 3 rings (SSSR count). The van der Waals surface area contributed by atoms with Crippen LogP contribution in [-0.4, -0.2) is 23.8 Å². The Hall–Kier alpha value is -3.34. The Kier molecular flexibility index (Phi) is 6.05. The van der Waals surface area contributed by atoms with Gasteiger partial charge in [0.15, 0.2) is 0 Å². The van der Waals surface area contributed by atoms with Gasteiger partial charge in [-0.3, -0.25) is 4.79 Å². The van der Waals surface area contributed by atoms with E-state index in [4.69, 9.17) is 4.74 Å². The highest BCUT2D eigenvalue weighted by Gasteiger charge is 2.08. The number of nitrogens with zero attached hydrogens (tertiary/aromatic N) is 1. The first kappa shape index (κ1) is 18.5. The Morgan fingerprint density at radius 1 is 1.11 bits per heavy atom. The minimum Gasteiger partial charge on any atom is -0.508 e. The number of carbonyl (C=O) groups excluding carboxylic acids is 1. The summed E-state index contributed by atoms with van der Waals surface area (Å²) in [7, 11) is 0. The molecule has 0 unspecified atom stereocenters. The van der Waals surface area contributed by atoms with Gasteiger partial charge in [0.05, 0.1) is 12.8 Å². The minimum absolute atomic E-state index is 0.111. The molecule has 0 aromatic heterocycles. The van der Waals surface area contributed by atoms with Crippen molar-refractivity contribution in [3.63, 3.8) is 0 Å². The van der Waals surface area contributed by atoms with Crippen LogP contribution in [0.2, 0.25) is 0 Å². The lowest BCUT2D eigenvalue weighted by atomic mass is 10.0. The van der Waals surface area contributed by atoms with E-state index in [2.05, 4.69) is 17.5 Å². The predicted molar refractivity (Wildman–Crippen MR) is 108 cm³/mol. The molecule has 3 aromatic carbocycles. The van der Waals surface area contributed by atoms with Crippen LogP contribution in [0.15, 0.2) is 65.8 Å². The predicted octanol–water partition coefficient (Wildman–Crippen LogP) is 4.49. The van der Waals surface area contributed by atoms with E-state index in [1.165, 1.54) is 24.3 Å². The SMILES string of the molecule is CCCCOc1ccc2ccccc2c1/C=N/NC(=O)c1ccc(O)cc1. The summed E-state index contributed by atoms with van der Waals surface area (Å²) in [5.41, 5.74) is 3.77. The number of ether oxygens (including phenoxy) is 1. The second-order valence-electron chi connectivity index (χ2n) is 6.15. The van der Waals surface area contributed by atoms with Crippen LogP contribution in [0.3, 0.4) is 0 Å². The highest BCUT2D eigenvalue weighted by molar-refractivity contribution is 6.03. The summed E-state index contributed by atoms with van der Waals surface area (Å²) in [6.45, 7) is 2.75. The highest BCUT2D eigenvalue weighted by atomic mass is 16.5. The molecule has 0 aliphatic heterocycles. The number of hydrazone groups is 1. The third kappa shape index (κ3) is 4.64. The molecule has 0 saturated carbocycles. The van der Waals surface area contributed by atoms with E-state index in [0.717, 1.165) is 34.9 Å². The highest BCUT2D eigenvalue weighted by Crippen LogP contribution is 2.27. The monoisotopic (exact) mass is 362 g/mol. The van der Waals surface area contributed by atoms with Crippen LogP contribution in [0.1, 0.15) is 35.7 Å². The normalized spacial score (nSPS) is 11.0. The van der Waals surface area contributed by atoms with E-state index in [9.17, 15) is 9.90 Å². The van der Waals surface area contributed by atoms with Crippen molar-refractivity contribution in [2.24, 2.45) is 5.10 Å². The van der Waals surface area contributed by atoms with Crippen molar-refractivity contribution in [3.8, 4) is 11.5 Å². The van der Waals surface area contributed by atoms with Gasteiger partial charge in [0.2, 0.25) is 0 Å². The number of phenols is 1. The lowest BCUT2D eigenvalue weighted by Crippen LogP contribution is -2.17. The van der Waals surface area contributed by atoms with E-state index in [0.29, 0.717) is 12.2 Å². The number of hydrogen-bond donors (Lipinski definition) is 2. The summed E-state index contributed by atoms with van der Waals surface area (Å²) in [5.74, 6) is 0.504. The number of hydrogen-bond acceptors (Lipinski definition) is 4. The van der Waals surface area contributed by atoms with Crippen molar-refractivity contribution in [3.05, 3.63) is 71.8 Å². The molecule has 2 N–H and O–H groups in total. The molecular formula is C22H22N2O3. The van der Waals surface area contributed by atoms with E-state index < -0.39 is 0 Å². The average Bonchev–Trinajstić information content (AvgIpc) is 2.69. The molecule has 0 heterocycles. The zero-order valence-electron chi connectivity index (χ0n) is 15.2. The molecule has 5 nitrogen and oxygen atoms in total. The molecule has 1 amide bonds. The Labute approximate surface area is 158 Å². The fourth-order valence-electron chi connectivity index (χ4n) is 2.69. The fraction of sp³-hybridized carbons (Fsp3) is 0.182. The molecule has 138 valence electrons. The summed E-state index contributed by atoms with van der Waals surface area (Å²) in [6, 6.07) is 17.9. The summed E-state index contributed by atoms with van der Waals surface area (Å²) >= 11 is 0. The Morgan fingerprint density at radius 3 is 2.67 bits per heavy atom. The van der Waals surface area contributed by atoms with E-state index in [1.54, 1.807) is 6.21 Å². The van der Waals surface area contributed by atoms with Crippen LogP contribution in [-0.2, 0) is 0 Å². The first-order valence-corrected chi connectivity index (χ1v) is 8.96. The number of rotatable bonds is 7. The molecule has 0 spiro atoms. The summed E-state index contributed by atoms with van der Waals surface area (Å²) in [5, 5.41) is 15.5. The smallest absolute Gasteiger partial charge is 0.271 e. The van der Waals surface area contributed by atoms with Crippen LogP contribution in [0.4, 0.5) is 0 Å². The van der Waals surface area contributed by atoms with Gasteiger partial charge in [0.1, 0.15) is 11.5 Å². The number of nitrogens with one attached hydrogen (secondary N) is 1. The Balaban J connectivity index is 1.83. The van der Waals surface area contributed by atoms with Gasteiger partial charge >= 0.3 is 0 Å². The number of carbonyl (C=O) groups is 1. The number of fused-ring (bicyclic) bond motifs is 1. The largest absolute Gasteiger partial charge is 0.508 e. The molecule has 27 heavy (non-hydrogen) atoms. The average molecular weight is 362 g/mol. The second kappa shape index (κ2) is 8.85. The number of unbranched alkanes of at least 4 members (excludes halogenated alkanes) is 1. The number of amides is 1. The molecule has 0 fully saturated rings. The van der Waals surface area contributed by atoms with Gasteiger partial charge in [-0.1, -0.05) is 43.7 Å². The maximum atomic E-state index is 12.2. The molecule has 0 radical (unpaired) electrons. The quantitative estimate of drug-likeness (QED) is 0.370. The van der Waals surface area contributed by atoms with Crippen molar-refractivity contribution in [1.82, 2.24) is 5.43 Å². The topological polar surface area (TPSA) is 70.9 Å². The Morgan fingerprint density at radius 2 is 1.89 bits per heavy atom. The zero-order chi connectivity index (χ0) is 19.1. The van der Waals surface area contributed by atoms with Crippen LogP contribution >= 0.6 is 0 Å². The van der Waals surface area contributed by atoms with Crippen molar-refractivity contribution < 1.29 is 14.6 Å². The Bertz CT molecular complexity index is 949. The van der Waals surface area contributed by atoms with Gasteiger partial charge in [-0.25, -0.2) is 5.43 Å². The second-order valence-corrected chi connectivity index (χ2v) is 6.15. The standard InChI is InChI=1S/C22H22N2O3/c1-2-3-14-27-21-13-10-16-6-4-5-7-19(16)20(21)15-23-24-22(26)17-8-11-18(25)12-9-17/h4-13,15,25H,2-3,14H2,1H3,(H,24,26)/b23-15+. The molecule has 3 aromatic rings. The van der Waals surface area contributed by atoms with Gasteiger partial charge in [-0.15, -0.1) is 0 Å². The van der Waals surface area contributed by atoms with E-state index >= 15 is 0 Å². The molecular weight excluding hydrogens is 340 g/mol. The third-order valence-electron chi connectivity index (χ3n) is 4.18. The number of benzene rings is 3. The fourth-order valence-corrected chi connectivity index (χ4v) is 2.69. The first-order valence-electron chi connectivity index (χ1n) is 8.96. The number of aromatic hydroxyl groups is 1. The van der Waals surface area contributed by atoms with E-state index in [-0.39, 0.29) is 11.7 Å². The van der Waals surface area contributed by atoms with Gasteiger partial charge in [0.25, 0.3) is 5.91 Å². The van der Waals surface area contributed by atoms with Crippen LogP contribution in [0.5, 0.6) is 11.5 Å². The van der Waals surface area contributed by atoms with Crippen molar-refractivity contribution in [2.45, 2.75) is 19.8 Å². The maximum Gasteiger partial charge on any atom is 0.271 e. The van der Waals surface area contributed by atoms with Crippen molar-refractivity contribution in [2.75, 3.05) is 6.61 Å². The molecule has 0 bridgehead atoms. The molecule has 0 aliphatic carbocycles. The maximum absolute atomic E-state index is 12.2. The minimum atomic E-state index is -0.347.